The van der Waals surface area contributed by atoms with Gasteiger partial charge in [0.15, 0.2) is 0 Å². The minimum absolute atomic E-state index is 0.406. The van der Waals surface area contributed by atoms with E-state index in [1.165, 1.54) is 33.4 Å². The van der Waals surface area contributed by atoms with Gasteiger partial charge in [-0.05, 0) is 69.8 Å². The smallest absolute Gasteiger partial charge is 0.135 e. The van der Waals surface area contributed by atoms with E-state index in [1.807, 2.05) is 12.1 Å². The first kappa shape index (κ1) is 22.0. The predicted molar refractivity (Wildman–Crippen MR) is 161 cm³/mol. The van der Waals surface area contributed by atoms with Gasteiger partial charge in [0.2, 0.25) is 0 Å². The minimum atomic E-state index is -0.406. The van der Waals surface area contributed by atoms with Crippen molar-refractivity contribution in [3.8, 4) is 11.1 Å². The average Bonchev–Trinajstić information content (AvgIpc) is 3.51. The second kappa shape index (κ2) is 8.47. The van der Waals surface area contributed by atoms with Gasteiger partial charge in [-0.2, -0.15) is 0 Å². The summed E-state index contributed by atoms with van der Waals surface area (Å²) in [6, 6.07) is 52.0. The molecule has 0 bridgehead atoms. The molecular formula is C37H25NO. The molecule has 0 aliphatic heterocycles. The van der Waals surface area contributed by atoms with Crippen LogP contribution in [-0.2, 0) is 5.41 Å². The highest BCUT2D eigenvalue weighted by Crippen LogP contribution is 2.56. The van der Waals surface area contributed by atoms with E-state index in [9.17, 15) is 0 Å². The molecule has 0 fully saturated rings. The third-order valence-corrected chi connectivity index (χ3v) is 8.12. The Morgan fingerprint density at radius 2 is 1.03 bits per heavy atom. The van der Waals surface area contributed by atoms with Gasteiger partial charge in [-0.1, -0.05) is 109 Å². The van der Waals surface area contributed by atoms with Gasteiger partial charge in [-0.15, -0.1) is 0 Å². The zero-order chi connectivity index (χ0) is 25.8. The molecule has 0 saturated heterocycles. The first-order valence-electron chi connectivity index (χ1n) is 13.4. The molecule has 1 heterocycles. The molecule has 2 nitrogen and oxygen atoms in total. The number of anilines is 2. The van der Waals surface area contributed by atoms with Crippen molar-refractivity contribution in [1.82, 2.24) is 0 Å². The second-order valence-corrected chi connectivity index (χ2v) is 10.2. The standard InChI is InChI=1S/C37H25NO/c1-3-11-25(12-4-1)37(26-13-5-2-6-14-26)33-17-9-7-15-29(33)30-21-19-28(24-34(30)37)38-27-20-22-36-32(23-27)31-16-8-10-18-35(31)39-36/h1-24,38H. The second-order valence-electron chi connectivity index (χ2n) is 10.2. The fourth-order valence-corrected chi connectivity index (χ4v) is 6.49. The van der Waals surface area contributed by atoms with Crippen molar-refractivity contribution in [3.05, 3.63) is 168 Å². The summed E-state index contributed by atoms with van der Waals surface area (Å²) in [7, 11) is 0. The molecule has 1 aliphatic rings. The summed E-state index contributed by atoms with van der Waals surface area (Å²) in [5.74, 6) is 0. The van der Waals surface area contributed by atoms with Crippen LogP contribution in [0.1, 0.15) is 22.3 Å². The first-order chi connectivity index (χ1) is 19.3. The maximum Gasteiger partial charge on any atom is 0.135 e. The molecule has 1 aliphatic carbocycles. The first-order valence-corrected chi connectivity index (χ1v) is 13.4. The van der Waals surface area contributed by atoms with Crippen LogP contribution in [0.2, 0.25) is 0 Å². The van der Waals surface area contributed by atoms with Crippen LogP contribution in [-0.4, -0.2) is 0 Å². The van der Waals surface area contributed by atoms with E-state index < -0.39 is 5.41 Å². The summed E-state index contributed by atoms with van der Waals surface area (Å²) in [6.45, 7) is 0. The maximum atomic E-state index is 6.05. The molecule has 0 amide bonds. The number of rotatable bonds is 4. The maximum absolute atomic E-state index is 6.05. The van der Waals surface area contributed by atoms with Crippen LogP contribution in [0.3, 0.4) is 0 Å². The van der Waals surface area contributed by atoms with E-state index in [-0.39, 0.29) is 0 Å². The van der Waals surface area contributed by atoms with E-state index >= 15 is 0 Å². The Morgan fingerprint density at radius 1 is 0.436 bits per heavy atom. The van der Waals surface area contributed by atoms with Crippen molar-refractivity contribution in [2.45, 2.75) is 5.41 Å². The minimum Gasteiger partial charge on any atom is -0.456 e. The van der Waals surface area contributed by atoms with Crippen LogP contribution in [0.15, 0.2) is 150 Å². The van der Waals surface area contributed by atoms with E-state index in [4.69, 9.17) is 4.42 Å². The molecule has 1 aromatic heterocycles. The predicted octanol–water partition coefficient (Wildman–Crippen LogP) is 9.69. The Morgan fingerprint density at radius 3 is 1.82 bits per heavy atom. The van der Waals surface area contributed by atoms with E-state index in [0.717, 1.165) is 33.3 Å². The van der Waals surface area contributed by atoms with Gasteiger partial charge < -0.3 is 9.73 Å². The van der Waals surface area contributed by atoms with Crippen LogP contribution >= 0.6 is 0 Å². The zero-order valence-electron chi connectivity index (χ0n) is 21.3. The Kier molecular flexibility index (Phi) is 4.77. The van der Waals surface area contributed by atoms with Gasteiger partial charge in [0.25, 0.3) is 0 Å². The van der Waals surface area contributed by atoms with Gasteiger partial charge in [0.1, 0.15) is 11.2 Å². The van der Waals surface area contributed by atoms with Crippen LogP contribution in [0.25, 0.3) is 33.1 Å². The summed E-state index contributed by atoms with van der Waals surface area (Å²) in [5, 5.41) is 5.96. The quantitative estimate of drug-likeness (QED) is 0.261. The lowest BCUT2D eigenvalue weighted by molar-refractivity contribution is 0.669. The molecule has 1 N–H and O–H groups in total. The molecule has 0 saturated carbocycles. The van der Waals surface area contributed by atoms with E-state index in [1.54, 1.807) is 0 Å². The van der Waals surface area contributed by atoms with Gasteiger partial charge in [-0.3, -0.25) is 0 Å². The van der Waals surface area contributed by atoms with Crippen LogP contribution in [0.4, 0.5) is 11.4 Å². The van der Waals surface area contributed by atoms with Crippen molar-refractivity contribution in [2.24, 2.45) is 0 Å². The summed E-state index contributed by atoms with van der Waals surface area (Å²) < 4.78 is 6.05. The monoisotopic (exact) mass is 499 g/mol. The van der Waals surface area contributed by atoms with Crippen LogP contribution in [0.5, 0.6) is 0 Å². The largest absolute Gasteiger partial charge is 0.456 e. The average molecular weight is 500 g/mol. The Balaban J connectivity index is 1.33. The molecule has 8 rings (SSSR count). The van der Waals surface area contributed by atoms with Gasteiger partial charge in [0.05, 0.1) is 5.41 Å². The Bertz CT molecular complexity index is 1950. The Hall–Kier alpha value is -5.08. The number of nitrogens with one attached hydrogen (secondary N) is 1. The van der Waals surface area contributed by atoms with Crippen LogP contribution < -0.4 is 5.32 Å². The molecule has 2 heteroatoms. The van der Waals surface area contributed by atoms with Gasteiger partial charge in [-0.25, -0.2) is 0 Å². The summed E-state index contributed by atoms with van der Waals surface area (Å²) in [6.07, 6.45) is 0. The number of fused-ring (bicyclic) bond motifs is 6. The number of hydrogen-bond acceptors (Lipinski definition) is 2. The van der Waals surface area contributed by atoms with Gasteiger partial charge >= 0.3 is 0 Å². The number of para-hydroxylation sites is 1. The third-order valence-electron chi connectivity index (χ3n) is 8.12. The highest BCUT2D eigenvalue weighted by atomic mass is 16.3. The summed E-state index contributed by atoms with van der Waals surface area (Å²) in [5.41, 5.74) is 11.2. The molecule has 39 heavy (non-hydrogen) atoms. The van der Waals surface area contributed by atoms with Crippen molar-refractivity contribution in [3.63, 3.8) is 0 Å². The summed E-state index contributed by atoms with van der Waals surface area (Å²) >= 11 is 0. The van der Waals surface area contributed by atoms with Gasteiger partial charge in [0, 0.05) is 22.1 Å². The molecule has 0 unspecified atom stereocenters. The molecule has 7 aromatic rings. The zero-order valence-corrected chi connectivity index (χ0v) is 21.3. The van der Waals surface area contributed by atoms with Crippen LogP contribution in [0, 0.1) is 0 Å². The SMILES string of the molecule is c1ccc(C2(c3ccccc3)c3ccccc3-c3ccc(Nc4ccc5oc6ccccc6c5c4)cc32)cc1. The van der Waals surface area contributed by atoms with Crippen molar-refractivity contribution in [1.29, 1.82) is 0 Å². The lowest BCUT2D eigenvalue weighted by Crippen LogP contribution is -2.28. The molecular weight excluding hydrogens is 474 g/mol. The molecule has 0 radical (unpaired) electrons. The van der Waals surface area contributed by atoms with Crippen molar-refractivity contribution in [2.75, 3.05) is 5.32 Å². The van der Waals surface area contributed by atoms with Crippen molar-refractivity contribution >= 4 is 33.3 Å². The highest BCUT2D eigenvalue weighted by molar-refractivity contribution is 6.06. The molecule has 184 valence electrons. The lowest BCUT2D eigenvalue weighted by atomic mass is 9.67. The topological polar surface area (TPSA) is 25.2 Å². The Labute approximate surface area is 227 Å². The van der Waals surface area contributed by atoms with E-state index in [2.05, 4.69) is 139 Å². The third kappa shape index (κ3) is 3.22. The lowest BCUT2D eigenvalue weighted by Gasteiger charge is -2.34. The molecule has 0 spiro atoms. The molecule has 0 atom stereocenters. The fourth-order valence-electron chi connectivity index (χ4n) is 6.49. The number of furan rings is 1. The number of hydrogen-bond donors (Lipinski definition) is 1. The van der Waals surface area contributed by atoms with E-state index in [0.29, 0.717) is 0 Å². The van der Waals surface area contributed by atoms with Crippen molar-refractivity contribution < 1.29 is 4.42 Å². The number of benzene rings is 6. The summed E-state index contributed by atoms with van der Waals surface area (Å²) in [4.78, 5) is 0. The fraction of sp³-hybridized carbons (Fsp3) is 0.0270. The molecule has 6 aromatic carbocycles. The normalized spacial score (nSPS) is 13.3. The highest BCUT2D eigenvalue weighted by Gasteiger charge is 2.45.